The molecule has 0 fully saturated rings. The van der Waals surface area contributed by atoms with E-state index in [0.29, 0.717) is 0 Å². The molecule has 1 aromatic rings. The van der Waals surface area contributed by atoms with Crippen LogP contribution in [-0.4, -0.2) is 11.2 Å². The smallest absolute Gasteiger partial charge is 0.0585 e. The summed E-state index contributed by atoms with van der Waals surface area (Å²) >= 11 is 1.70. The van der Waals surface area contributed by atoms with E-state index < -0.39 is 0 Å². The molecule has 0 unspecified atom stereocenters. The van der Waals surface area contributed by atoms with Crippen LogP contribution in [0.25, 0.3) is 0 Å². The largest absolute Gasteiger partial charge is 0.393 e. The van der Waals surface area contributed by atoms with Gasteiger partial charge in [0.2, 0.25) is 0 Å². The van der Waals surface area contributed by atoms with Crippen LogP contribution >= 0.6 is 11.3 Å². The molecule has 0 saturated heterocycles. The molecule has 56 valence electrons. The van der Waals surface area contributed by atoms with E-state index in [0.717, 1.165) is 0 Å². The summed E-state index contributed by atoms with van der Waals surface area (Å²) in [5.74, 6) is 0.278. The van der Waals surface area contributed by atoms with Crippen LogP contribution in [0.1, 0.15) is 24.6 Å². The predicted octanol–water partition coefficient (Wildman–Crippen LogP) is 2.23. The average Bonchev–Trinajstić information content (AvgIpc) is 2.36. The minimum absolute atomic E-state index is 0.237. The zero-order chi connectivity index (χ0) is 7.56. The number of hydrogen-bond donors (Lipinski definition) is 1. The standard InChI is InChI=1S/C8H12OS/c1-6(7(2)9)8-4-3-5-10-8/h3-7,9H,1-2H3/t6-,7+/m1/s1. The highest BCUT2D eigenvalue weighted by Crippen LogP contribution is 2.23. The predicted molar refractivity (Wildman–Crippen MR) is 44.4 cm³/mol. The molecule has 1 rings (SSSR count). The van der Waals surface area contributed by atoms with Gasteiger partial charge in [-0.25, -0.2) is 0 Å². The van der Waals surface area contributed by atoms with E-state index in [1.165, 1.54) is 4.88 Å². The second-order valence-electron chi connectivity index (χ2n) is 2.54. The highest BCUT2D eigenvalue weighted by atomic mass is 32.1. The zero-order valence-corrected chi connectivity index (χ0v) is 7.06. The third-order valence-electron chi connectivity index (χ3n) is 1.72. The van der Waals surface area contributed by atoms with E-state index in [1.54, 1.807) is 11.3 Å². The Morgan fingerprint density at radius 1 is 1.50 bits per heavy atom. The zero-order valence-electron chi connectivity index (χ0n) is 6.24. The van der Waals surface area contributed by atoms with Crippen molar-refractivity contribution in [2.24, 2.45) is 0 Å². The minimum atomic E-state index is -0.237. The van der Waals surface area contributed by atoms with Gasteiger partial charge in [0, 0.05) is 10.8 Å². The Morgan fingerprint density at radius 2 is 2.20 bits per heavy atom. The lowest BCUT2D eigenvalue weighted by molar-refractivity contribution is 0.170. The molecule has 2 heteroatoms. The van der Waals surface area contributed by atoms with Crippen LogP contribution in [0.5, 0.6) is 0 Å². The number of aliphatic hydroxyl groups excluding tert-OH is 1. The van der Waals surface area contributed by atoms with Crippen molar-refractivity contribution in [2.45, 2.75) is 25.9 Å². The molecule has 0 saturated carbocycles. The molecule has 0 aliphatic heterocycles. The van der Waals surface area contributed by atoms with Crippen LogP contribution in [0.4, 0.5) is 0 Å². The lowest BCUT2D eigenvalue weighted by Gasteiger charge is -2.11. The monoisotopic (exact) mass is 156 g/mol. The lowest BCUT2D eigenvalue weighted by Crippen LogP contribution is -2.08. The second-order valence-corrected chi connectivity index (χ2v) is 3.52. The number of hydrogen-bond acceptors (Lipinski definition) is 2. The molecule has 0 aliphatic carbocycles. The first-order valence-corrected chi connectivity index (χ1v) is 4.31. The van der Waals surface area contributed by atoms with Crippen molar-refractivity contribution in [3.63, 3.8) is 0 Å². The van der Waals surface area contributed by atoms with Gasteiger partial charge in [-0.05, 0) is 18.4 Å². The average molecular weight is 156 g/mol. The third-order valence-corrected chi connectivity index (χ3v) is 2.79. The SMILES string of the molecule is C[C@H](O)[C@@H](C)c1cccs1. The Balaban J connectivity index is 2.68. The molecule has 1 N–H and O–H groups in total. The van der Waals surface area contributed by atoms with Crippen LogP contribution in [0, 0.1) is 0 Å². The van der Waals surface area contributed by atoms with Crippen LogP contribution in [-0.2, 0) is 0 Å². The summed E-state index contributed by atoms with van der Waals surface area (Å²) in [7, 11) is 0. The van der Waals surface area contributed by atoms with E-state index in [2.05, 4.69) is 6.07 Å². The van der Waals surface area contributed by atoms with Crippen LogP contribution in [0.2, 0.25) is 0 Å². The van der Waals surface area contributed by atoms with Gasteiger partial charge in [0.15, 0.2) is 0 Å². The Hall–Kier alpha value is -0.340. The fourth-order valence-corrected chi connectivity index (χ4v) is 1.67. The lowest BCUT2D eigenvalue weighted by atomic mass is 10.1. The Labute approximate surface area is 65.3 Å². The molecule has 0 aromatic carbocycles. The van der Waals surface area contributed by atoms with Crippen molar-refractivity contribution in [1.29, 1.82) is 0 Å². The first-order valence-electron chi connectivity index (χ1n) is 3.43. The fourth-order valence-electron chi connectivity index (χ4n) is 0.788. The van der Waals surface area contributed by atoms with Gasteiger partial charge in [-0.1, -0.05) is 13.0 Å². The van der Waals surface area contributed by atoms with Gasteiger partial charge in [0.05, 0.1) is 6.10 Å². The van der Waals surface area contributed by atoms with Gasteiger partial charge in [0.1, 0.15) is 0 Å². The molecule has 1 aromatic heterocycles. The van der Waals surface area contributed by atoms with Gasteiger partial charge in [-0.15, -0.1) is 11.3 Å². The molecule has 2 atom stereocenters. The summed E-state index contributed by atoms with van der Waals surface area (Å²) in [5.41, 5.74) is 0. The maximum absolute atomic E-state index is 9.20. The summed E-state index contributed by atoms with van der Waals surface area (Å²) in [4.78, 5) is 1.26. The fraction of sp³-hybridized carbons (Fsp3) is 0.500. The maximum Gasteiger partial charge on any atom is 0.0585 e. The molecular weight excluding hydrogens is 144 g/mol. The van der Waals surface area contributed by atoms with Crippen molar-refractivity contribution in [3.8, 4) is 0 Å². The maximum atomic E-state index is 9.20. The number of rotatable bonds is 2. The molecule has 0 aliphatic rings. The van der Waals surface area contributed by atoms with E-state index in [-0.39, 0.29) is 12.0 Å². The van der Waals surface area contributed by atoms with Crippen LogP contribution < -0.4 is 0 Å². The molecule has 1 heterocycles. The quantitative estimate of drug-likeness (QED) is 0.696. The van der Waals surface area contributed by atoms with Crippen molar-refractivity contribution in [2.75, 3.05) is 0 Å². The highest BCUT2D eigenvalue weighted by Gasteiger charge is 2.11. The van der Waals surface area contributed by atoms with Gasteiger partial charge in [-0.2, -0.15) is 0 Å². The van der Waals surface area contributed by atoms with Gasteiger partial charge >= 0.3 is 0 Å². The van der Waals surface area contributed by atoms with Crippen LogP contribution in [0.15, 0.2) is 17.5 Å². The summed E-state index contributed by atoms with van der Waals surface area (Å²) in [6.07, 6.45) is -0.237. The summed E-state index contributed by atoms with van der Waals surface area (Å²) in [5, 5.41) is 11.2. The second kappa shape index (κ2) is 3.17. The highest BCUT2D eigenvalue weighted by molar-refractivity contribution is 7.10. The van der Waals surface area contributed by atoms with Gasteiger partial charge in [0.25, 0.3) is 0 Å². The van der Waals surface area contributed by atoms with Crippen molar-refractivity contribution >= 4 is 11.3 Å². The van der Waals surface area contributed by atoms with E-state index >= 15 is 0 Å². The normalized spacial score (nSPS) is 16.7. The van der Waals surface area contributed by atoms with Crippen molar-refractivity contribution < 1.29 is 5.11 Å². The van der Waals surface area contributed by atoms with E-state index in [4.69, 9.17) is 0 Å². The summed E-state index contributed by atoms with van der Waals surface area (Å²) in [6.45, 7) is 3.86. The van der Waals surface area contributed by atoms with Crippen LogP contribution in [0.3, 0.4) is 0 Å². The third kappa shape index (κ3) is 1.58. The first kappa shape index (κ1) is 7.76. The summed E-state index contributed by atoms with van der Waals surface area (Å²) in [6, 6.07) is 4.07. The Bertz CT molecular complexity index is 179. The van der Waals surface area contributed by atoms with E-state index in [1.807, 2.05) is 25.3 Å². The molecule has 0 radical (unpaired) electrons. The first-order chi connectivity index (χ1) is 4.72. The topological polar surface area (TPSA) is 20.2 Å². The van der Waals surface area contributed by atoms with Crippen molar-refractivity contribution in [1.82, 2.24) is 0 Å². The van der Waals surface area contributed by atoms with E-state index in [9.17, 15) is 5.11 Å². The molecular formula is C8H12OS. The minimum Gasteiger partial charge on any atom is -0.393 e. The van der Waals surface area contributed by atoms with Gasteiger partial charge < -0.3 is 5.11 Å². The molecule has 0 bridgehead atoms. The Morgan fingerprint density at radius 3 is 2.60 bits per heavy atom. The molecule has 0 amide bonds. The van der Waals surface area contributed by atoms with Gasteiger partial charge in [-0.3, -0.25) is 0 Å². The Kier molecular flexibility index (Phi) is 2.46. The number of aliphatic hydroxyl groups is 1. The summed E-state index contributed by atoms with van der Waals surface area (Å²) < 4.78 is 0. The molecule has 10 heavy (non-hydrogen) atoms. The number of thiophene rings is 1. The van der Waals surface area contributed by atoms with Crippen molar-refractivity contribution in [3.05, 3.63) is 22.4 Å². The molecule has 1 nitrogen and oxygen atoms in total. The molecule has 0 spiro atoms.